The number of hydrogen-bond acceptors (Lipinski definition) is 4. The molecule has 1 spiro atoms. The van der Waals surface area contributed by atoms with Gasteiger partial charge in [-0.15, -0.1) is 0 Å². The van der Waals surface area contributed by atoms with E-state index < -0.39 is 29.3 Å². The number of imidazole rings is 1. The van der Waals surface area contributed by atoms with E-state index in [-0.39, 0.29) is 22.4 Å². The highest BCUT2D eigenvalue weighted by Gasteiger charge is 2.45. The summed E-state index contributed by atoms with van der Waals surface area (Å²) >= 11 is 3.07. The zero-order valence-corrected chi connectivity index (χ0v) is 18.4. The number of β-amino-alcohol motifs (C(OH)–C–C–N with tert-alkyl or cyclic N) is 1. The molecule has 1 amide bonds. The molecule has 6 nitrogen and oxygen atoms in total. The molecular weight excluding hydrogens is 489 g/mol. The highest BCUT2D eigenvalue weighted by molar-refractivity contribution is 9.10. The zero-order chi connectivity index (χ0) is 22.7. The molecular formula is C22H20BrF3N4O2. The average Bonchev–Trinajstić information content (AvgIpc) is 3.17. The van der Waals surface area contributed by atoms with Gasteiger partial charge in [-0.2, -0.15) is 13.2 Å². The Balaban J connectivity index is 1.38. The fourth-order valence-corrected chi connectivity index (χ4v) is 5.14. The summed E-state index contributed by atoms with van der Waals surface area (Å²) in [6.07, 6.45) is -1.51. The van der Waals surface area contributed by atoms with Gasteiger partial charge in [-0.05, 0) is 46.0 Å². The topological polar surface area (TPSA) is 69.9 Å². The van der Waals surface area contributed by atoms with Crippen LogP contribution in [0.2, 0.25) is 0 Å². The lowest BCUT2D eigenvalue weighted by Gasteiger charge is -2.48. The normalized spacial score (nSPS) is 23.5. The highest BCUT2D eigenvalue weighted by Crippen LogP contribution is 2.35. The van der Waals surface area contributed by atoms with Crippen LogP contribution in [-0.2, 0) is 19.1 Å². The van der Waals surface area contributed by atoms with Gasteiger partial charge in [0.05, 0.1) is 17.2 Å². The van der Waals surface area contributed by atoms with Crippen LogP contribution in [0.5, 0.6) is 0 Å². The van der Waals surface area contributed by atoms with Crippen LogP contribution in [0.4, 0.5) is 13.2 Å². The number of aromatic nitrogens is 2. The summed E-state index contributed by atoms with van der Waals surface area (Å²) in [5.41, 5.74) is 0.505. The minimum Gasteiger partial charge on any atom is -0.389 e. The monoisotopic (exact) mass is 508 g/mol. The third kappa shape index (κ3) is 3.60. The first-order valence-corrected chi connectivity index (χ1v) is 11.0. The Labute approximate surface area is 190 Å². The van der Waals surface area contributed by atoms with E-state index in [1.807, 2.05) is 12.1 Å². The first kappa shape index (κ1) is 21.4. The molecule has 0 saturated carbocycles. The van der Waals surface area contributed by atoms with Gasteiger partial charge >= 0.3 is 6.18 Å². The average molecular weight is 509 g/mol. The molecule has 2 aliphatic rings. The van der Waals surface area contributed by atoms with Crippen molar-refractivity contribution >= 4 is 27.5 Å². The Bertz CT molecular complexity index is 1210. The van der Waals surface area contributed by atoms with Gasteiger partial charge < -0.3 is 19.7 Å². The molecule has 2 atom stereocenters. The van der Waals surface area contributed by atoms with Crippen LogP contribution in [0.25, 0.3) is 5.65 Å². The fraction of sp³-hybridized carbons (Fsp3) is 0.364. The maximum atomic E-state index is 13.4. The van der Waals surface area contributed by atoms with Crippen LogP contribution in [0, 0.1) is 0 Å². The summed E-state index contributed by atoms with van der Waals surface area (Å²) in [5, 5.41) is 14.4. The summed E-state index contributed by atoms with van der Waals surface area (Å²) in [4.78, 5) is 18.5. The van der Waals surface area contributed by atoms with Crippen LogP contribution >= 0.6 is 15.9 Å². The van der Waals surface area contributed by atoms with Crippen molar-refractivity contribution in [2.75, 3.05) is 13.1 Å². The predicted molar refractivity (Wildman–Crippen MR) is 114 cm³/mol. The second kappa shape index (κ2) is 7.57. The molecule has 3 aromatic rings. The van der Waals surface area contributed by atoms with E-state index in [9.17, 15) is 23.1 Å². The van der Waals surface area contributed by atoms with Crippen LogP contribution in [0.3, 0.4) is 0 Å². The first-order chi connectivity index (χ1) is 15.2. The quantitative estimate of drug-likeness (QED) is 0.528. The SMILES string of the molecule is O=C(c1cn2cc(Br)cc(C(F)(F)F)c2n1)N1CC[C@]2(Cc3ccccc3CN2)[C@H](O)C1. The summed E-state index contributed by atoms with van der Waals surface area (Å²) < 4.78 is 41.7. The van der Waals surface area contributed by atoms with Gasteiger partial charge in [0.2, 0.25) is 0 Å². The summed E-state index contributed by atoms with van der Waals surface area (Å²) in [6.45, 7) is 1.09. The summed E-state index contributed by atoms with van der Waals surface area (Å²) in [6, 6.07) is 9.00. The number of aliphatic hydroxyl groups excluding tert-OH is 1. The molecule has 0 aliphatic carbocycles. The molecule has 32 heavy (non-hydrogen) atoms. The van der Waals surface area contributed by atoms with Crippen molar-refractivity contribution in [2.24, 2.45) is 0 Å². The predicted octanol–water partition coefficient (Wildman–Crippen LogP) is 3.41. The zero-order valence-electron chi connectivity index (χ0n) is 16.9. The van der Waals surface area contributed by atoms with Gasteiger partial charge in [0.1, 0.15) is 11.3 Å². The lowest BCUT2D eigenvalue weighted by atomic mass is 9.76. The Morgan fingerprint density at radius 1 is 1.25 bits per heavy atom. The molecule has 0 unspecified atom stereocenters. The number of piperidine rings is 1. The van der Waals surface area contributed by atoms with Gasteiger partial charge in [0, 0.05) is 36.5 Å². The Hall–Kier alpha value is -2.43. The van der Waals surface area contributed by atoms with E-state index in [0.717, 1.165) is 6.07 Å². The number of hydrogen-bond donors (Lipinski definition) is 2. The molecule has 4 heterocycles. The van der Waals surface area contributed by atoms with E-state index >= 15 is 0 Å². The van der Waals surface area contributed by atoms with Gasteiger partial charge in [-0.1, -0.05) is 24.3 Å². The standard InChI is InChI=1S/C22H20BrF3N4O2/c23-15-7-16(22(24,25)26)19-28-17(11-30(19)10-15)20(32)29-6-5-21(18(31)12-29)8-13-3-1-2-4-14(13)9-27-21/h1-4,7,10-11,18,27,31H,5-6,8-9,12H2/t18-,21+/m1/s1. The molecule has 1 aromatic carbocycles. The lowest BCUT2D eigenvalue weighted by Crippen LogP contribution is -2.65. The number of halogens is 4. The first-order valence-electron chi connectivity index (χ1n) is 10.2. The second-order valence-electron chi connectivity index (χ2n) is 8.40. The van der Waals surface area contributed by atoms with E-state index in [1.165, 1.54) is 32.8 Å². The largest absolute Gasteiger partial charge is 0.420 e. The van der Waals surface area contributed by atoms with Crippen molar-refractivity contribution in [3.8, 4) is 0 Å². The van der Waals surface area contributed by atoms with E-state index in [0.29, 0.717) is 25.9 Å². The van der Waals surface area contributed by atoms with Crippen molar-refractivity contribution in [3.05, 3.63) is 69.6 Å². The lowest BCUT2D eigenvalue weighted by molar-refractivity contribution is -0.136. The van der Waals surface area contributed by atoms with Gasteiger partial charge in [0.25, 0.3) is 5.91 Å². The molecule has 2 N–H and O–H groups in total. The van der Waals surface area contributed by atoms with E-state index in [4.69, 9.17) is 0 Å². The number of carbonyl (C=O) groups excluding carboxylic acids is 1. The molecule has 5 rings (SSSR count). The van der Waals surface area contributed by atoms with E-state index in [1.54, 1.807) is 0 Å². The molecule has 2 aromatic heterocycles. The number of likely N-dealkylation sites (tertiary alicyclic amines) is 1. The summed E-state index contributed by atoms with van der Waals surface area (Å²) in [7, 11) is 0. The molecule has 168 valence electrons. The highest BCUT2D eigenvalue weighted by atomic mass is 79.9. The van der Waals surface area contributed by atoms with Gasteiger partial charge in [0.15, 0.2) is 0 Å². The van der Waals surface area contributed by atoms with Crippen molar-refractivity contribution in [1.29, 1.82) is 0 Å². The maximum Gasteiger partial charge on any atom is 0.420 e. The maximum absolute atomic E-state index is 13.4. The van der Waals surface area contributed by atoms with Crippen molar-refractivity contribution in [3.63, 3.8) is 0 Å². The Morgan fingerprint density at radius 2 is 2.00 bits per heavy atom. The summed E-state index contributed by atoms with van der Waals surface area (Å²) in [5.74, 6) is -0.497. The molecule has 2 aliphatic heterocycles. The van der Waals surface area contributed by atoms with Crippen LogP contribution in [0.15, 0.2) is 47.2 Å². The third-order valence-corrected chi connectivity index (χ3v) is 6.88. The second-order valence-corrected chi connectivity index (χ2v) is 9.31. The van der Waals surface area contributed by atoms with Crippen molar-refractivity contribution in [2.45, 2.75) is 37.2 Å². The number of amides is 1. The van der Waals surface area contributed by atoms with Crippen molar-refractivity contribution in [1.82, 2.24) is 19.6 Å². The van der Waals surface area contributed by atoms with Crippen LogP contribution < -0.4 is 5.32 Å². The number of aliphatic hydroxyl groups is 1. The van der Waals surface area contributed by atoms with Gasteiger partial charge in [-0.3, -0.25) is 4.79 Å². The minimum absolute atomic E-state index is 0.0810. The molecule has 1 saturated heterocycles. The van der Waals surface area contributed by atoms with Gasteiger partial charge in [-0.25, -0.2) is 4.98 Å². The van der Waals surface area contributed by atoms with E-state index in [2.05, 4.69) is 38.4 Å². The molecule has 10 heteroatoms. The minimum atomic E-state index is -4.60. The number of fused-ring (bicyclic) bond motifs is 2. The Kier molecular flexibility index (Phi) is 5.06. The third-order valence-electron chi connectivity index (χ3n) is 6.44. The molecule has 0 radical (unpaired) electrons. The molecule has 0 bridgehead atoms. The molecule has 1 fully saturated rings. The Morgan fingerprint density at radius 3 is 2.72 bits per heavy atom. The smallest absolute Gasteiger partial charge is 0.389 e. The van der Waals surface area contributed by atoms with Crippen molar-refractivity contribution < 1.29 is 23.1 Å². The van der Waals surface area contributed by atoms with Crippen LogP contribution in [-0.4, -0.2) is 50.0 Å². The number of pyridine rings is 1. The number of alkyl halides is 3. The number of rotatable bonds is 1. The number of carbonyl (C=O) groups is 1. The van der Waals surface area contributed by atoms with Crippen LogP contribution in [0.1, 0.15) is 33.6 Å². The fourth-order valence-electron chi connectivity index (χ4n) is 4.69. The number of nitrogens with one attached hydrogen (secondary N) is 1. The number of benzene rings is 1. The number of nitrogens with zero attached hydrogens (tertiary/aromatic N) is 3.